The number of carbonyl (C=O) groups is 1. The van der Waals surface area contributed by atoms with Gasteiger partial charge in [0.2, 0.25) is 11.9 Å². The molecule has 150 valence electrons. The Labute approximate surface area is 171 Å². The Bertz CT molecular complexity index is 1180. The number of benzene rings is 1. The molecule has 2 N–H and O–H groups in total. The second kappa shape index (κ2) is 7.00. The SMILES string of the molecule is Cc1nc(NCc2cc3cc(Cl)ccc3[nH]c2=O)nc(N2CC(C)(C)OC2=O)n1. The smallest absolute Gasteiger partial charge is 0.417 e. The number of aromatic amines is 1. The molecule has 0 bridgehead atoms. The lowest BCUT2D eigenvalue weighted by Crippen LogP contribution is -2.30. The fourth-order valence-electron chi connectivity index (χ4n) is 3.12. The van der Waals surface area contributed by atoms with E-state index in [0.29, 0.717) is 28.5 Å². The second-order valence-electron chi connectivity index (χ2n) is 7.43. The van der Waals surface area contributed by atoms with Gasteiger partial charge in [0.15, 0.2) is 0 Å². The van der Waals surface area contributed by atoms with Crippen LogP contribution in [0.4, 0.5) is 16.7 Å². The maximum Gasteiger partial charge on any atom is 0.417 e. The number of amides is 1. The number of aromatic nitrogens is 4. The molecule has 3 heterocycles. The molecule has 9 nitrogen and oxygen atoms in total. The molecular weight excluding hydrogens is 396 g/mol. The van der Waals surface area contributed by atoms with Crippen LogP contribution in [-0.4, -0.2) is 38.2 Å². The third-order valence-electron chi connectivity index (χ3n) is 4.42. The molecule has 1 saturated heterocycles. The minimum Gasteiger partial charge on any atom is -0.441 e. The summed E-state index contributed by atoms with van der Waals surface area (Å²) in [4.78, 5) is 41.4. The van der Waals surface area contributed by atoms with Gasteiger partial charge in [0, 0.05) is 28.0 Å². The van der Waals surface area contributed by atoms with Crippen LogP contribution < -0.4 is 15.8 Å². The number of ether oxygens (including phenoxy) is 1. The number of cyclic esters (lactones) is 1. The van der Waals surface area contributed by atoms with Crippen molar-refractivity contribution in [2.75, 3.05) is 16.8 Å². The van der Waals surface area contributed by atoms with Crippen LogP contribution in [0.1, 0.15) is 25.2 Å². The van der Waals surface area contributed by atoms with Crippen molar-refractivity contribution in [2.45, 2.75) is 32.9 Å². The molecule has 1 aliphatic heterocycles. The van der Waals surface area contributed by atoms with Crippen LogP contribution in [0.25, 0.3) is 10.9 Å². The highest BCUT2D eigenvalue weighted by atomic mass is 35.5. The molecule has 2 aromatic heterocycles. The standard InChI is InChI=1S/C19H19ClN6O3/c1-10-22-16(25-17(23-10)26-9-19(2,3)29-18(26)28)21-8-12-6-11-7-13(20)4-5-14(11)24-15(12)27/h4-7H,8-9H2,1-3H3,(H,24,27)(H,21,22,23,25). The number of carbonyl (C=O) groups excluding carboxylic acids is 1. The van der Waals surface area contributed by atoms with Crippen LogP contribution in [0.5, 0.6) is 0 Å². The Hall–Kier alpha value is -3.20. The maximum absolute atomic E-state index is 12.3. The van der Waals surface area contributed by atoms with E-state index in [9.17, 15) is 9.59 Å². The number of nitrogens with one attached hydrogen (secondary N) is 2. The molecule has 1 amide bonds. The van der Waals surface area contributed by atoms with Crippen LogP contribution in [-0.2, 0) is 11.3 Å². The molecule has 0 saturated carbocycles. The van der Waals surface area contributed by atoms with E-state index in [2.05, 4.69) is 25.3 Å². The van der Waals surface area contributed by atoms with E-state index in [1.165, 1.54) is 4.90 Å². The molecule has 0 aliphatic carbocycles. The van der Waals surface area contributed by atoms with E-state index in [-0.39, 0.29) is 24.0 Å². The number of aryl methyl sites for hydroxylation is 1. The minimum absolute atomic E-state index is 0.191. The zero-order valence-electron chi connectivity index (χ0n) is 16.1. The number of halogens is 1. The summed E-state index contributed by atoms with van der Waals surface area (Å²) in [6, 6.07) is 7.02. The Morgan fingerprint density at radius 1 is 1.24 bits per heavy atom. The molecule has 1 aliphatic rings. The predicted molar refractivity (Wildman–Crippen MR) is 109 cm³/mol. The lowest BCUT2D eigenvalue weighted by atomic mass is 10.1. The van der Waals surface area contributed by atoms with Gasteiger partial charge >= 0.3 is 6.09 Å². The predicted octanol–water partition coefficient (Wildman–Crippen LogP) is 3.02. The number of anilines is 2. The summed E-state index contributed by atoms with van der Waals surface area (Å²) in [6.45, 7) is 5.86. The highest BCUT2D eigenvalue weighted by Gasteiger charge is 2.40. The Kier molecular flexibility index (Phi) is 4.62. The normalized spacial score (nSPS) is 15.6. The molecule has 0 atom stereocenters. The van der Waals surface area contributed by atoms with Gasteiger partial charge in [-0.15, -0.1) is 0 Å². The van der Waals surface area contributed by atoms with E-state index in [1.54, 1.807) is 31.2 Å². The average Bonchev–Trinajstić information content (AvgIpc) is 2.92. The minimum atomic E-state index is -0.620. The van der Waals surface area contributed by atoms with Gasteiger partial charge < -0.3 is 15.0 Å². The van der Waals surface area contributed by atoms with Gasteiger partial charge in [0.1, 0.15) is 11.4 Å². The topological polar surface area (TPSA) is 113 Å². The van der Waals surface area contributed by atoms with Crippen molar-refractivity contribution < 1.29 is 9.53 Å². The van der Waals surface area contributed by atoms with Crippen molar-refractivity contribution in [3.63, 3.8) is 0 Å². The highest BCUT2D eigenvalue weighted by Crippen LogP contribution is 2.25. The van der Waals surface area contributed by atoms with E-state index in [1.807, 2.05) is 13.8 Å². The Morgan fingerprint density at radius 2 is 2.03 bits per heavy atom. The van der Waals surface area contributed by atoms with E-state index < -0.39 is 11.7 Å². The molecule has 0 unspecified atom stereocenters. The fraction of sp³-hybridized carbons (Fsp3) is 0.316. The second-order valence-corrected chi connectivity index (χ2v) is 7.87. The molecule has 0 spiro atoms. The summed E-state index contributed by atoms with van der Waals surface area (Å²) in [5.41, 5.74) is 0.367. The first kappa shape index (κ1) is 19.1. The number of hydrogen-bond acceptors (Lipinski definition) is 7. The summed E-state index contributed by atoms with van der Waals surface area (Å²) >= 11 is 6.04. The first-order valence-electron chi connectivity index (χ1n) is 8.99. The highest BCUT2D eigenvalue weighted by molar-refractivity contribution is 6.31. The van der Waals surface area contributed by atoms with Gasteiger partial charge in [0.05, 0.1) is 6.54 Å². The number of rotatable bonds is 4. The average molecular weight is 415 g/mol. The monoisotopic (exact) mass is 414 g/mol. The quantitative estimate of drug-likeness (QED) is 0.674. The van der Waals surface area contributed by atoms with E-state index in [0.717, 1.165) is 5.39 Å². The van der Waals surface area contributed by atoms with Crippen molar-refractivity contribution in [2.24, 2.45) is 0 Å². The fourth-order valence-corrected chi connectivity index (χ4v) is 3.30. The Morgan fingerprint density at radius 3 is 2.76 bits per heavy atom. The van der Waals surface area contributed by atoms with E-state index in [4.69, 9.17) is 16.3 Å². The molecule has 1 aromatic carbocycles. The van der Waals surface area contributed by atoms with Gasteiger partial charge in [-0.3, -0.25) is 4.79 Å². The van der Waals surface area contributed by atoms with Crippen molar-refractivity contribution in [3.8, 4) is 0 Å². The zero-order chi connectivity index (χ0) is 20.8. The third-order valence-corrected chi connectivity index (χ3v) is 4.65. The summed E-state index contributed by atoms with van der Waals surface area (Å²) < 4.78 is 5.30. The molecular formula is C19H19ClN6O3. The van der Waals surface area contributed by atoms with Crippen molar-refractivity contribution in [3.05, 3.63) is 51.0 Å². The molecule has 3 aromatic rings. The number of pyridine rings is 1. The molecule has 4 rings (SSSR count). The van der Waals surface area contributed by atoms with Gasteiger partial charge in [-0.05, 0) is 45.0 Å². The number of fused-ring (bicyclic) bond motifs is 1. The van der Waals surface area contributed by atoms with Crippen molar-refractivity contribution in [1.29, 1.82) is 0 Å². The largest absolute Gasteiger partial charge is 0.441 e. The lowest BCUT2D eigenvalue weighted by Gasteiger charge is -2.15. The Balaban J connectivity index is 1.58. The third kappa shape index (κ3) is 4.00. The van der Waals surface area contributed by atoms with Gasteiger partial charge in [-0.2, -0.15) is 15.0 Å². The summed E-state index contributed by atoms with van der Waals surface area (Å²) in [5, 5.41) is 4.43. The van der Waals surface area contributed by atoms with Crippen LogP contribution >= 0.6 is 11.6 Å². The number of nitrogens with zero attached hydrogens (tertiary/aromatic N) is 4. The maximum atomic E-state index is 12.3. The molecule has 29 heavy (non-hydrogen) atoms. The molecule has 0 radical (unpaired) electrons. The molecule has 10 heteroatoms. The van der Waals surface area contributed by atoms with Gasteiger partial charge in [-0.1, -0.05) is 11.6 Å². The number of H-pyrrole nitrogens is 1. The molecule has 1 fully saturated rings. The van der Waals surface area contributed by atoms with Gasteiger partial charge in [-0.25, -0.2) is 9.69 Å². The number of hydrogen-bond donors (Lipinski definition) is 2. The first-order chi connectivity index (χ1) is 13.7. The zero-order valence-corrected chi connectivity index (χ0v) is 16.9. The van der Waals surface area contributed by atoms with Gasteiger partial charge in [0.25, 0.3) is 5.56 Å². The first-order valence-corrected chi connectivity index (χ1v) is 9.36. The summed E-state index contributed by atoms with van der Waals surface area (Å²) in [7, 11) is 0. The van der Waals surface area contributed by atoms with Crippen LogP contribution in [0.15, 0.2) is 29.1 Å². The van der Waals surface area contributed by atoms with E-state index >= 15 is 0 Å². The van der Waals surface area contributed by atoms with Crippen LogP contribution in [0.3, 0.4) is 0 Å². The lowest BCUT2D eigenvalue weighted by molar-refractivity contribution is 0.0871. The summed E-state index contributed by atoms with van der Waals surface area (Å²) in [6.07, 6.45) is -0.505. The van der Waals surface area contributed by atoms with Crippen LogP contribution in [0, 0.1) is 6.92 Å². The summed E-state index contributed by atoms with van der Waals surface area (Å²) in [5.74, 6) is 0.902. The van der Waals surface area contributed by atoms with Crippen molar-refractivity contribution in [1.82, 2.24) is 19.9 Å². The van der Waals surface area contributed by atoms with Crippen molar-refractivity contribution >= 4 is 40.5 Å². The van der Waals surface area contributed by atoms with Crippen LogP contribution in [0.2, 0.25) is 5.02 Å².